The molecule has 3 atom stereocenters. The predicted molar refractivity (Wildman–Crippen MR) is 156 cm³/mol. The maximum atomic E-state index is 16.4. The molecule has 1 fully saturated rings. The molecule has 3 aromatic rings. The lowest BCUT2D eigenvalue weighted by atomic mass is 9.66. The molecule has 1 aromatic heterocycles. The van der Waals surface area contributed by atoms with Crippen LogP contribution in [0, 0.1) is 24.5 Å². The van der Waals surface area contributed by atoms with E-state index in [1.165, 1.54) is 24.8 Å². The number of aliphatic carboxylic acids is 1. The van der Waals surface area contributed by atoms with E-state index in [1.807, 2.05) is 25.2 Å². The smallest absolute Gasteiger partial charge is 0.337 e. The Labute approximate surface area is 242 Å². The van der Waals surface area contributed by atoms with E-state index in [0.717, 1.165) is 17.8 Å². The molecule has 3 aliphatic rings. The fourth-order valence-corrected chi connectivity index (χ4v) is 6.44. The van der Waals surface area contributed by atoms with Gasteiger partial charge in [0.2, 0.25) is 0 Å². The second-order valence-corrected chi connectivity index (χ2v) is 12.0. The van der Waals surface area contributed by atoms with Crippen molar-refractivity contribution in [1.29, 1.82) is 0 Å². The average molecular weight is 572 g/mol. The highest BCUT2D eigenvalue weighted by Crippen LogP contribution is 2.53. The number of rotatable bonds is 5. The number of dihydropyridines is 1. The number of hydrogen-bond donors (Lipinski definition) is 1. The second-order valence-electron chi connectivity index (χ2n) is 12.0. The molecule has 1 aliphatic carbocycles. The van der Waals surface area contributed by atoms with Gasteiger partial charge < -0.3 is 14.6 Å². The molecular weight excluding hydrogens is 540 g/mol. The quantitative estimate of drug-likeness (QED) is 0.358. The Balaban J connectivity index is 1.72. The summed E-state index contributed by atoms with van der Waals surface area (Å²) in [4.78, 5) is 25.6. The van der Waals surface area contributed by atoms with Gasteiger partial charge in [-0.15, -0.1) is 0 Å². The van der Waals surface area contributed by atoms with Gasteiger partial charge in [0.15, 0.2) is 6.10 Å². The van der Waals surface area contributed by atoms with Crippen molar-refractivity contribution in [2.24, 2.45) is 10.9 Å². The molecule has 216 valence electrons. The number of aromatic nitrogens is 2. The lowest BCUT2D eigenvalue weighted by Gasteiger charge is -2.45. The van der Waals surface area contributed by atoms with Crippen LogP contribution in [0.25, 0.3) is 27.5 Å². The second kappa shape index (κ2) is 9.94. The number of aliphatic imine (C=N–C) groups is 1. The molecule has 6 rings (SSSR count). The van der Waals surface area contributed by atoms with Gasteiger partial charge in [0, 0.05) is 41.5 Å². The van der Waals surface area contributed by atoms with Crippen LogP contribution in [0.1, 0.15) is 56.9 Å². The van der Waals surface area contributed by atoms with Crippen molar-refractivity contribution < 1.29 is 28.2 Å². The third-order valence-electron chi connectivity index (χ3n) is 8.12. The van der Waals surface area contributed by atoms with E-state index in [4.69, 9.17) is 14.5 Å². The third kappa shape index (κ3) is 4.43. The minimum atomic E-state index is -1.42. The SMILES string of the molecule is Cc1cc2c(F)c(-c3cncnc3)c(F)cc2c(C2=CC=C3OCCC4=CC=NC2(C)C43)c1C(OC(C)(C)C)C(=O)O. The van der Waals surface area contributed by atoms with Crippen LogP contribution in [0.5, 0.6) is 0 Å². The molecule has 42 heavy (non-hydrogen) atoms. The first-order chi connectivity index (χ1) is 19.9. The summed E-state index contributed by atoms with van der Waals surface area (Å²) in [6.07, 6.45) is 10.7. The summed E-state index contributed by atoms with van der Waals surface area (Å²) < 4.78 is 44.5. The standard InChI is InChI=1S/C33H31F2N3O4/c1-17-12-21-20(13-23(34)26(29(21)35)19-14-36-16-37-15-19)27(25(17)30(31(39)40)42-32(2,3)4)22-6-7-24-28-18(9-11-41-24)8-10-38-33(22,28)5/h6-8,10,12-16,28,30H,9,11H2,1-5H3,(H,39,40). The van der Waals surface area contributed by atoms with E-state index in [0.29, 0.717) is 28.9 Å². The zero-order valence-corrected chi connectivity index (χ0v) is 24.0. The van der Waals surface area contributed by atoms with Crippen LogP contribution in [-0.4, -0.2) is 45.0 Å². The van der Waals surface area contributed by atoms with E-state index in [2.05, 4.69) is 9.97 Å². The molecule has 3 heterocycles. The largest absolute Gasteiger partial charge is 0.497 e. The fraction of sp³-hybridized carbons (Fsp3) is 0.333. The molecule has 1 saturated heterocycles. The first-order valence-corrected chi connectivity index (χ1v) is 13.8. The maximum absolute atomic E-state index is 16.4. The minimum Gasteiger partial charge on any atom is -0.497 e. The fourth-order valence-electron chi connectivity index (χ4n) is 6.44. The van der Waals surface area contributed by atoms with Crippen molar-refractivity contribution in [2.75, 3.05) is 6.61 Å². The molecule has 3 unspecified atom stereocenters. The number of carboxylic acids is 1. The highest BCUT2D eigenvalue weighted by Gasteiger charge is 2.49. The van der Waals surface area contributed by atoms with Crippen molar-refractivity contribution in [1.82, 2.24) is 9.97 Å². The highest BCUT2D eigenvalue weighted by molar-refractivity contribution is 6.03. The zero-order chi connectivity index (χ0) is 30.0. The summed E-state index contributed by atoms with van der Waals surface area (Å²) in [5.41, 5.74) is 1.16. The van der Waals surface area contributed by atoms with Crippen LogP contribution in [0.3, 0.4) is 0 Å². The number of carbonyl (C=O) groups is 1. The highest BCUT2D eigenvalue weighted by atomic mass is 19.1. The Bertz CT molecular complexity index is 1750. The van der Waals surface area contributed by atoms with Crippen LogP contribution in [0.2, 0.25) is 0 Å². The van der Waals surface area contributed by atoms with Gasteiger partial charge in [0.1, 0.15) is 23.7 Å². The van der Waals surface area contributed by atoms with Crippen molar-refractivity contribution in [2.45, 2.75) is 58.3 Å². The molecule has 9 heteroatoms. The number of halogens is 2. The van der Waals surface area contributed by atoms with Gasteiger partial charge in [0.05, 0.1) is 29.2 Å². The van der Waals surface area contributed by atoms with Gasteiger partial charge in [-0.25, -0.2) is 23.5 Å². The lowest BCUT2D eigenvalue weighted by Crippen LogP contribution is -2.43. The van der Waals surface area contributed by atoms with Gasteiger partial charge in [-0.05, 0) is 81.0 Å². The van der Waals surface area contributed by atoms with Crippen LogP contribution in [0.4, 0.5) is 8.78 Å². The minimum absolute atomic E-state index is 0.140. The van der Waals surface area contributed by atoms with Gasteiger partial charge in [-0.2, -0.15) is 0 Å². The van der Waals surface area contributed by atoms with Crippen molar-refractivity contribution in [3.05, 3.63) is 88.7 Å². The first-order valence-electron chi connectivity index (χ1n) is 13.8. The molecule has 0 spiro atoms. The number of hydrogen-bond acceptors (Lipinski definition) is 6. The summed E-state index contributed by atoms with van der Waals surface area (Å²) in [6, 6.07) is 2.82. The number of benzene rings is 2. The van der Waals surface area contributed by atoms with Gasteiger partial charge in [-0.1, -0.05) is 11.6 Å². The first kappa shape index (κ1) is 27.9. The van der Waals surface area contributed by atoms with Crippen LogP contribution < -0.4 is 0 Å². The number of aryl methyl sites for hydroxylation is 1. The maximum Gasteiger partial charge on any atom is 0.337 e. The Morgan fingerprint density at radius 1 is 1.12 bits per heavy atom. The predicted octanol–water partition coefficient (Wildman–Crippen LogP) is 6.91. The van der Waals surface area contributed by atoms with E-state index in [9.17, 15) is 9.90 Å². The van der Waals surface area contributed by atoms with Crippen molar-refractivity contribution >= 4 is 28.5 Å². The summed E-state index contributed by atoms with van der Waals surface area (Å²) in [5, 5.41) is 10.8. The molecule has 0 saturated carbocycles. The number of allylic oxidation sites excluding steroid dienone is 3. The molecule has 0 bridgehead atoms. The topological polar surface area (TPSA) is 93.9 Å². The van der Waals surface area contributed by atoms with Crippen LogP contribution in [0.15, 0.2) is 65.4 Å². The molecule has 7 nitrogen and oxygen atoms in total. The van der Waals surface area contributed by atoms with Crippen molar-refractivity contribution in [3.8, 4) is 11.1 Å². The number of fused-ring (bicyclic) bond motifs is 1. The monoisotopic (exact) mass is 571 g/mol. The molecule has 0 amide bonds. The van der Waals surface area contributed by atoms with E-state index >= 15 is 8.78 Å². The summed E-state index contributed by atoms with van der Waals surface area (Å²) >= 11 is 0. The van der Waals surface area contributed by atoms with Gasteiger partial charge in [-0.3, -0.25) is 4.99 Å². The summed E-state index contributed by atoms with van der Waals surface area (Å²) in [6.45, 7) is 9.53. The normalized spacial score (nSPS) is 22.1. The number of nitrogens with zero attached hydrogens (tertiary/aromatic N) is 3. The van der Waals surface area contributed by atoms with Gasteiger partial charge >= 0.3 is 5.97 Å². The van der Waals surface area contributed by atoms with Crippen molar-refractivity contribution in [3.63, 3.8) is 0 Å². The van der Waals surface area contributed by atoms with Crippen LogP contribution in [-0.2, 0) is 14.3 Å². The Morgan fingerprint density at radius 3 is 2.55 bits per heavy atom. The van der Waals surface area contributed by atoms with Crippen LogP contribution >= 0.6 is 0 Å². The molecular formula is C33H31F2N3O4. The third-order valence-corrected chi connectivity index (χ3v) is 8.12. The Kier molecular flexibility index (Phi) is 6.61. The Hall–Kier alpha value is -4.24. The summed E-state index contributed by atoms with van der Waals surface area (Å²) in [5.74, 6) is -2.29. The molecule has 0 radical (unpaired) electrons. The summed E-state index contributed by atoms with van der Waals surface area (Å²) in [7, 11) is 0. The molecule has 2 aromatic carbocycles. The Morgan fingerprint density at radius 2 is 1.86 bits per heavy atom. The average Bonchev–Trinajstić information content (AvgIpc) is 2.92. The molecule has 1 N–H and O–H groups in total. The zero-order valence-electron chi connectivity index (χ0n) is 24.0. The van der Waals surface area contributed by atoms with Gasteiger partial charge in [0.25, 0.3) is 0 Å². The van der Waals surface area contributed by atoms with E-state index in [-0.39, 0.29) is 27.8 Å². The van der Waals surface area contributed by atoms with E-state index in [1.54, 1.807) is 40.0 Å². The van der Waals surface area contributed by atoms with E-state index < -0.39 is 34.8 Å². The lowest BCUT2D eigenvalue weighted by molar-refractivity contribution is -0.160. The number of ether oxygens (including phenoxy) is 2. The molecule has 2 aliphatic heterocycles. The number of carboxylic acid groups (broad SMARTS) is 1.